The van der Waals surface area contributed by atoms with Gasteiger partial charge < -0.3 is 10.2 Å². The van der Waals surface area contributed by atoms with Crippen LogP contribution in [0.15, 0.2) is 84.9 Å². The van der Waals surface area contributed by atoms with Gasteiger partial charge in [0.25, 0.3) is 0 Å². The number of aryl methyl sites for hydroxylation is 1. The Morgan fingerprint density at radius 3 is 1.86 bits per heavy atom. The number of nitrogens with zero attached hydrogens (tertiary/aromatic N) is 1. The minimum absolute atomic E-state index is 0.00854. The molecular formula is C32H40N2O2. The van der Waals surface area contributed by atoms with Crippen molar-refractivity contribution >= 4 is 11.8 Å². The molecule has 3 rings (SSSR count). The van der Waals surface area contributed by atoms with Crippen molar-refractivity contribution in [3.05, 3.63) is 107 Å². The molecule has 0 unspecified atom stereocenters. The zero-order valence-electron chi connectivity index (χ0n) is 22.3. The fraction of sp³-hybridized carbons (Fsp3) is 0.375. The third-order valence-corrected chi connectivity index (χ3v) is 6.35. The molecular weight excluding hydrogens is 444 g/mol. The molecule has 0 bridgehead atoms. The van der Waals surface area contributed by atoms with Crippen LogP contribution in [0.1, 0.15) is 63.3 Å². The molecule has 0 radical (unpaired) electrons. The quantitative estimate of drug-likeness (QED) is 0.379. The molecule has 1 N–H and O–H groups in total. The number of hydrogen-bond acceptors (Lipinski definition) is 2. The van der Waals surface area contributed by atoms with Crippen molar-refractivity contribution in [2.24, 2.45) is 0 Å². The van der Waals surface area contributed by atoms with Crippen LogP contribution in [-0.2, 0) is 34.4 Å². The van der Waals surface area contributed by atoms with Crippen LogP contribution >= 0.6 is 0 Å². The second-order valence-electron chi connectivity index (χ2n) is 10.8. The van der Waals surface area contributed by atoms with Crippen LogP contribution in [-0.4, -0.2) is 28.8 Å². The maximum atomic E-state index is 13.7. The number of benzene rings is 3. The second-order valence-corrected chi connectivity index (χ2v) is 10.8. The van der Waals surface area contributed by atoms with E-state index in [0.29, 0.717) is 25.8 Å². The molecule has 0 aromatic heterocycles. The van der Waals surface area contributed by atoms with Gasteiger partial charge in [0.1, 0.15) is 6.04 Å². The summed E-state index contributed by atoms with van der Waals surface area (Å²) >= 11 is 0. The van der Waals surface area contributed by atoms with E-state index >= 15 is 0 Å². The summed E-state index contributed by atoms with van der Waals surface area (Å²) in [7, 11) is 0. The van der Waals surface area contributed by atoms with Crippen LogP contribution in [0.5, 0.6) is 0 Å². The third kappa shape index (κ3) is 8.08. The molecule has 0 saturated heterocycles. The minimum Gasteiger partial charge on any atom is -0.352 e. The fourth-order valence-corrected chi connectivity index (χ4v) is 4.28. The van der Waals surface area contributed by atoms with E-state index in [1.807, 2.05) is 74.5 Å². The molecule has 190 valence electrons. The number of carbonyl (C=O) groups is 2. The number of carbonyl (C=O) groups excluding carboxylic acids is 2. The number of nitrogens with one attached hydrogen (secondary N) is 1. The summed E-state index contributed by atoms with van der Waals surface area (Å²) in [5.41, 5.74) is 4.54. The smallest absolute Gasteiger partial charge is 0.243 e. The molecule has 1 atom stereocenters. The van der Waals surface area contributed by atoms with Gasteiger partial charge in [-0.1, -0.05) is 106 Å². The summed E-state index contributed by atoms with van der Waals surface area (Å²) in [6, 6.07) is 27.8. The lowest BCUT2D eigenvalue weighted by Crippen LogP contribution is -2.51. The number of amides is 2. The van der Waals surface area contributed by atoms with Gasteiger partial charge >= 0.3 is 0 Å². The maximum absolute atomic E-state index is 13.7. The monoisotopic (exact) mass is 484 g/mol. The molecule has 3 aromatic carbocycles. The van der Waals surface area contributed by atoms with E-state index in [4.69, 9.17) is 0 Å². The first-order valence-electron chi connectivity index (χ1n) is 12.9. The van der Waals surface area contributed by atoms with Gasteiger partial charge in [-0.05, 0) is 47.9 Å². The Morgan fingerprint density at radius 2 is 1.33 bits per heavy atom. The second kappa shape index (κ2) is 12.5. The SMILES string of the molecule is CC(C)NC(=O)[C@@H](Cc1ccccc1)N(Cc1ccccc1)C(=O)CCc1ccc(C(C)(C)C)cc1. The Hall–Kier alpha value is -3.40. The molecule has 0 aliphatic rings. The normalized spacial score (nSPS) is 12.3. The highest BCUT2D eigenvalue weighted by atomic mass is 16.2. The molecule has 36 heavy (non-hydrogen) atoms. The highest BCUT2D eigenvalue weighted by Gasteiger charge is 2.30. The first-order valence-corrected chi connectivity index (χ1v) is 12.9. The molecule has 4 heteroatoms. The average Bonchev–Trinajstić information content (AvgIpc) is 2.85. The lowest BCUT2D eigenvalue weighted by Gasteiger charge is -2.32. The van der Waals surface area contributed by atoms with Crippen molar-refractivity contribution in [1.82, 2.24) is 10.2 Å². The van der Waals surface area contributed by atoms with Crippen LogP contribution < -0.4 is 5.32 Å². The Balaban J connectivity index is 1.85. The van der Waals surface area contributed by atoms with Gasteiger partial charge in [0.2, 0.25) is 11.8 Å². The molecule has 0 fully saturated rings. The van der Waals surface area contributed by atoms with Gasteiger partial charge in [0.05, 0.1) is 0 Å². The van der Waals surface area contributed by atoms with E-state index < -0.39 is 6.04 Å². The summed E-state index contributed by atoms with van der Waals surface area (Å²) in [6.07, 6.45) is 1.46. The summed E-state index contributed by atoms with van der Waals surface area (Å²) in [4.78, 5) is 28.9. The third-order valence-electron chi connectivity index (χ3n) is 6.35. The van der Waals surface area contributed by atoms with Gasteiger partial charge in [-0.3, -0.25) is 9.59 Å². The Morgan fingerprint density at radius 1 is 0.778 bits per heavy atom. The van der Waals surface area contributed by atoms with E-state index in [2.05, 4.69) is 50.4 Å². The Bertz CT molecular complexity index is 1100. The van der Waals surface area contributed by atoms with Gasteiger partial charge in [0, 0.05) is 25.4 Å². The Labute approximate surface area is 216 Å². The van der Waals surface area contributed by atoms with Crippen molar-refractivity contribution in [2.45, 2.75) is 77.9 Å². The topological polar surface area (TPSA) is 49.4 Å². The van der Waals surface area contributed by atoms with Crippen molar-refractivity contribution in [2.75, 3.05) is 0 Å². The first-order chi connectivity index (χ1) is 17.1. The van der Waals surface area contributed by atoms with Crippen LogP contribution in [0.3, 0.4) is 0 Å². The van der Waals surface area contributed by atoms with Crippen LogP contribution in [0.2, 0.25) is 0 Å². The lowest BCUT2D eigenvalue weighted by atomic mass is 9.86. The molecule has 3 aromatic rings. The molecule has 0 aliphatic carbocycles. The minimum atomic E-state index is -0.592. The van der Waals surface area contributed by atoms with E-state index in [9.17, 15) is 9.59 Å². The van der Waals surface area contributed by atoms with Crippen molar-refractivity contribution in [3.8, 4) is 0 Å². The molecule has 2 amide bonds. The molecule has 0 heterocycles. The van der Waals surface area contributed by atoms with Gasteiger partial charge in [0.15, 0.2) is 0 Å². The number of hydrogen-bond donors (Lipinski definition) is 1. The van der Waals surface area contributed by atoms with Gasteiger partial charge in [-0.2, -0.15) is 0 Å². The van der Waals surface area contributed by atoms with E-state index in [0.717, 1.165) is 16.7 Å². The average molecular weight is 485 g/mol. The largest absolute Gasteiger partial charge is 0.352 e. The fourth-order valence-electron chi connectivity index (χ4n) is 4.28. The predicted octanol–water partition coefficient (Wildman–Crippen LogP) is 6.08. The summed E-state index contributed by atoms with van der Waals surface area (Å²) < 4.78 is 0. The van der Waals surface area contributed by atoms with Gasteiger partial charge in [-0.15, -0.1) is 0 Å². The lowest BCUT2D eigenvalue weighted by molar-refractivity contribution is -0.141. The number of rotatable bonds is 10. The standard InChI is InChI=1S/C32H40N2O2/c1-24(2)33-31(36)29(22-26-12-8-6-9-13-26)34(23-27-14-10-7-11-15-27)30(35)21-18-25-16-19-28(20-17-25)32(3,4)5/h6-17,19-20,24,29H,18,21-23H2,1-5H3,(H,33,36)/t29-/m1/s1. The van der Waals surface area contributed by atoms with Crippen LogP contribution in [0, 0.1) is 0 Å². The summed E-state index contributed by atoms with van der Waals surface area (Å²) in [5, 5.41) is 3.05. The van der Waals surface area contributed by atoms with Crippen molar-refractivity contribution < 1.29 is 9.59 Å². The van der Waals surface area contributed by atoms with Crippen molar-refractivity contribution in [3.63, 3.8) is 0 Å². The van der Waals surface area contributed by atoms with Crippen molar-refractivity contribution in [1.29, 1.82) is 0 Å². The highest BCUT2D eigenvalue weighted by Crippen LogP contribution is 2.23. The van der Waals surface area contributed by atoms with E-state index in [-0.39, 0.29) is 23.3 Å². The highest BCUT2D eigenvalue weighted by molar-refractivity contribution is 5.88. The summed E-state index contributed by atoms with van der Waals surface area (Å²) in [5.74, 6) is -0.133. The molecule has 0 aliphatic heterocycles. The van der Waals surface area contributed by atoms with Gasteiger partial charge in [-0.25, -0.2) is 0 Å². The van der Waals surface area contributed by atoms with Crippen LogP contribution in [0.25, 0.3) is 0 Å². The van der Waals surface area contributed by atoms with Crippen LogP contribution in [0.4, 0.5) is 0 Å². The Kier molecular flexibility index (Phi) is 9.46. The zero-order valence-corrected chi connectivity index (χ0v) is 22.3. The van der Waals surface area contributed by atoms with E-state index in [1.54, 1.807) is 4.90 Å². The molecule has 0 saturated carbocycles. The summed E-state index contributed by atoms with van der Waals surface area (Å²) in [6.45, 7) is 10.9. The molecule has 0 spiro atoms. The predicted molar refractivity (Wildman–Crippen MR) is 148 cm³/mol. The van der Waals surface area contributed by atoms with E-state index in [1.165, 1.54) is 5.56 Å². The zero-order chi connectivity index (χ0) is 26.1. The molecule has 4 nitrogen and oxygen atoms in total. The maximum Gasteiger partial charge on any atom is 0.243 e. The first kappa shape index (κ1) is 27.2.